The van der Waals surface area contributed by atoms with Crippen molar-refractivity contribution in [3.8, 4) is 11.5 Å². The van der Waals surface area contributed by atoms with Crippen LogP contribution >= 0.6 is 22.6 Å². The molecule has 1 aromatic carbocycles. The average Bonchev–Trinajstić information content (AvgIpc) is 3.42. The summed E-state index contributed by atoms with van der Waals surface area (Å²) in [5.41, 5.74) is 4.56. The van der Waals surface area contributed by atoms with E-state index in [0.29, 0.717) is 23.7 Å². The first-order valence-electron chi connectivity index (χ1n) is 12.8. The lowest BCUT2D eigenvalue weighted by Crippen LogP contribution is -2.38. The van der Waals surface area contributed by atoms with Gasteiger partial charge in [-0.05, 0) is 78.0 Å². The minimum Gasteiger partial charge on any atom is -0.504 e. The molecule has 2 heterocycles. The molecule has 0 aromatic heterocycles. The van der Waals surface area contributed by atoms with Crippen molar-refractivity contribution in [2.45, 2.75) is 58.5 Å². The van der Waals surface area contributed by atoms with Gasteiger partial charge >= 0.3 is 6.09 Å². The zero-order valence-corrected chi connectivity index (χ0v) is 23.9. The number of hydrogen-bond acceptors (Lipinski definition) is 7. The molecule has 3 aliphatic rings. The molecule has 200 valence electrons. The number of benzene rings is 1. The van der Waals surface area contributed by atoms with Crippen LogP contribution in [0.2, 0.25) is 0 Å². The maximum Gasteiger partial charge on any atom is 0.423 e. The van der Waals surface area contributed by atoms with Gasteiger partial charge in [-0.15, -0.1) is 0 Å². The third kappa shape index (κ3) is 5.16. The van der Waals surface area contributed by atoms with E-state index in [2.05, 4.69) is 42.5 Å². The number of phenols is 1. The molecule has 1 aliphatic carbocycles. The topological polar surface area (TPSA) is 102 Å². The summed E-state index contributed by atoms with van der Waals surface area (Å²) in [5.74, 6) is -1.62. The van der Waals surface area contributed by atoms with Crippen LogP contribution in [-0.2, 0) is 19.1 Å². The van der Waals surface area contributed by atoms with Crippen molar-refractivity contribution < 1.29 is 33.7 Å². The summed E-state index contributed by atoms with van der Waals surface area (Å²) in [5, 5.41) is 10.2. The summed E-state index contributed by atoms with van der Waals surface area (Å²) in [6.45, 7) is 4.58. The molecule has 0 unspecified atom stereocenters. The van der Waals surface area contributed by atoms with Crippen molar-refractivity contribution in [3.05, 3.63) is 38.0 Å². The highest BCUT2D eigenvalue weighted by Gasteiger charge is 2.58. The van der Waals surface area contributed by atoms with Gasteiger partial charge in [0.15, 0.2) is 11.5 Å². The van der Waals surface area contributed by atoms with Crippen molar-refractivity contribution in [2.75, 3.05) is 20.8 Å². The van der Waals surface area contributed by atoms with Crippen LogP contribution in [0.1, 0.15) is 57.9 Å². The molecule has 2 aliphatic heterocycles. The number of amides is 3. The van der Waals surface area contributed by atoms with Crippen LogP contribution in [0.25, 0.3) is 6.08 Å². The SMILES string of the molecule is CCC/C(=C\c1cc(I)c(O)c(OC)c1)CC[C@H]1OC[C@H]2C1=C(CC)C[C@H]1C(=O)N(C(=O)OC)C(=O)[C@H]12. The maximum absolute atomic E-state index is 13.1. The first-order valence-corrected chi connectivity index (χ1v) is 13.9. The van der Waals surface area contributed by atoms with Gasteiger partial charge in [-0.3, -0.25) is 9.59 Å². The van der Waals surface area contributed by atoms with Gasteiger partial charge in [0, 0.05) is 5.92 Å². The normalized spacial score (nSPS) is 25.4. The first kappa shape index (κ1) is 27.6. The number of phenolic OH excluding ortho intramolecular Hbond substituents is 1. The lowest BCUT2D eigenvalue weighted by Gasteiger charge is -2.31. The highest BCUT2D eigenvalue weighted by Crippen LogP contribution is 2.50. The minimum absolute atomic E-state index is 0.120. The van der Waals surface area contributed by atoms with Crippen LogP contribution in [0.15, 0.2) is 28.9 Å². The summed E-state index contributed by atoms with van der Waals surface area (Å²) in [7, 11) is 2.72. The lowest BCUT2D eigenvalue weighted by atomic mass is 9.69. The second-order valence-corrected chi connectivity index (χ2v) is 11.0. The zero-order valence-electron chi connectivity index (χ0n) is 21.7. The van der Waals surface area contributed by atoms with Crippen molar-refractivity contribution in [3.63, 3.8) is 0 Å². The summed E-state index contributed by atoms with van der Waals surface area (Å²) in [6, 6.07) is 3.77. The summed E-state index contributed by atoms with van der Waals surface area (Å²) in [4.78, 5) is 38.9. The third-order valence-corrected chi connectivity index (χ3v) is 8.55. The molecule has 2 fully saturated rings. The van der Waals surface area contributed by atoms with Crippen LogP contribution in [0.4, 0.5) is 4.79 Å². The number of aromatic hydroxyl groups is 1. The van der Waals surface area contributed by atoms with E-state index >= 15 is 0 Å². The van der Waals surface area contributed by atoms with Crippen LogP contribution in [0.5, 0.6) is 11.5 Å². The van der Waals surface area contributed by atoms with Gasteiger partial charge in [0.2, 0.25) is 11.8 Å². The fourth-order valence-electron chi connectivity index (χ4n) is 6.06. The first-order chi connectivity index (χ1) is 17.7. The monoisotopic (exact) mass is 623 g/mol. The number of hydrogen-bond donors (Lipinski definition) is 1. The minimum atomic E-state index is -0.908. The van der Waals surface area contributed by atoms with Crippen molar-refractivity contribution in [1.29, 1.82) is 0 Å². The van der Waals surface area contributed by atoms with Crippen molar-refractivity contribution in [2.24, 2.45) is 17.8 Å². The Labute approximate surface area is 231 Å². The predicted octanol–water partition coefficient (Wildman–Crippen LogP) is 5.46. The van der Waals surface area contributed by atoms with E-state index in [1.807, 2.05) is 12.1 Å². The van der Waals surface area contributed by atoms with E-state index < -0.39 is 29.7 Å². The molecule has 4 atom stereocenters. The van der Waals surface area contributed by atoms with Gasteiger partial charge in [-0.2, -0.15) is 4.90 Å². The Morgan fingerprint density at radius 3 is 2.59 bits per heavy atom. The maximum atomic E-state index is 13.1. The lowest BCUT2D eigenvalue weighted by molar-refractivity contribution is -0.137. The number of carbonyl (C=O) groups is 3. The second kappa shape index (κ2) is 11.6. The van der Waals surface area contributed by atoms with E-state index in [-0.39, 0.29) is 17.8 Å². The van der Waals surface area contributed by atoms with Crippen molar-refractivity contribution in [1.82, 2.24) is 4.90 Å². The van der Waals surface area contributed by atoms with Crippen molar-refractivity contribution >= 4 is 46.6 Å². The number of likely N-dealkylation sites (tertiary alicyclic amines) is 1. The molecule has 0 spiro atoms. The number of ether oxygens (including phenoxy) is 3. The molecule has 8 nitrogen and oxygen atoms in total. The van der Waals surface area contributed by atoms with E-state index in [0.717, 1.165) is 46.8 Å². The molecule has 1 N–H and O–H groups in total. The highest BCUT2D eigenvalue weighted by atomic mass is 127. The number of rotatable bonds is 8. The molecule has 4 rings (SSSR count). The standard InChI is InChI=1S/C28H34INO7/c1-5-7-15(10-16-11-20(29)25(31)22(12-16)35-3)8-9-21-23-17(6-2)13-18-24(19(23)14-37-21)27(33)30(26(18)32)28(34)36-4/h10-12,18-19,21,24,31H,5-9,13-14H2,1-4H3/b15-10+/t18-,19+,21-,24-/m1/s1. The molecule has 0 saturated carbocycles. The van der Waals surface area contributed by atoms with Gasteiger partial charge in [-0.25, -0.2) is 4.79 Å². The van der Waals surface area contributed by atoms with E-state index in [1.54, 1.807) is 7.11 Å². The number of carbonyl (C=O) groups excluding carboxylic acids is 3. The van der Waals surface area contributed by atoms with E-state index in [1.165, 1.54) is 18.3 Å². The number of halogens is 1. The zero-order chi connectivity index (χ0) is 26.9. The molecule has 9 heteroatoms. The molecular formula is C28H34INO7. The van der Waals surface area contributed by atoms with Gasteiger partial charge < -0.3 is 19.3 Å². The molecular weight excluding hydrogens is 589 g/mol. The molecule has 3 amide bonds. The quantitative estimate of drug-likeness (QED) is 0.233. The van der Waals surface area contributed by atoms with Gasteiger partial charge in [-0.1, -0.05) is 37.5 Å². The Morgan fingerprint density at radius 2 is 1.95 bits per heavy atom. The molecule has 0 radical (unpaired) electrons. The van der Waals surface area contributed by atoms with Crippen LogP contribution in [0.3, 0.4) is 0 Å². The van der Waals surface area contributed by atoms with Gasteiger partial charge in [0.25, 0.3) is 0 Å². The number of fused-ring (bicyclic) bond motifs is 3. The highest BCUT2D eigenvalue weighted by molar-refractivity contribution is 14.1. The number of imide groups is 3. The van der Waals surface area contributed by atoms with Crippen LogP contribution in [0, 0.1) is 21.3 Å². The van der Waals surface area contributed by atoms with Crippen LogP contribution < -0.4 is 4.74 Å². The number of methoxy groups -OCH3 is 2. The fourth-order valence-corrected chi connectivity index (χ4v) is 6.68. The van der Waals surface area contributed by atoms with E-state index in [4.69, 9.17) is 14.2 Å². The molecule has 2 saturated heterocycles. The van der Waals surface area contributed by atoms with E-state index in [9.17, 15) is 19.5 Å². The Kier molecular flexibility index (Phi) is 8.63. The smallest absolute Gasteiger partial charge is 0.423 e. The summed E-state index contributed by atoms with van der Waals surface area (Å²) < 4.78 is 17.0. The van der Waals surface area contributed by atoms with Crippen LogP contribution in [-0.4, -0.2) is 54.8 Å². The summed E-state index contributed by atoms with van der Waals surface area (Å²) >= 11 is 2.10. The molecule has 1 aromatic rings. The summed E-state index contributed by atoms with van der Waals surface area (Å²) in [6.07, 6.45) is 5.90. The number of nitrogens with zero attached hydrogens (tertiary/aromatic N) is 1. The second-order valence-electron chi connectivity index (χ2n) is 9.80. The number of allylic oxidation sites excluding steroid dienone is 2. The largest absolute Gasteiger partial charge is 0.504 e. The molecule has 0 bridgehead atoms. The Bertz CT molecular complexity index is 1160. The fraction of sp³-hybridized carbons (Fsp3) is 0.536. The van der Waals surface area contributed by atoms with Gasteiger partial charge in [0.05, 0.1) is 42.3 Å². The average molecular weight is 623 g/mol. The third-order valence-electron chi connectivity index (χ3n) is 7.73. The Balaban J connectivity index is 1.56. The molecule has 37 heavy (non-hydrogen) atoms. The Hall–Kier alpha value is -2.40. The predicted molar refractivity (Wildman–Crippen MR) is 146 cm³/mol. The Morgan fingerprint density at radius 1 is 1.19 bits per heavy atom. The van der Waals surface area contributed by atoms with Gasteiger partial charge in [0.1, 0.15) is 0 Å².